The summed E-state index contributed by atoms with van der Waals surface area (Å²) in [7, 11) is -3.76. The number of sulfonamides is 1. The number of rotatable bonds is 4. The van der Waals surface area contributed by atoms with Crippen LogP contribution in [-0.4, -0.2) is 19.5 Å². The van der Waals surface area contributed by atoms with Crippen LogP contribution >= 0.6 is 22.9 Å². The first-order valence-electron chi connectivity index (χ1n) is 5.29. The molecular formula is C11H10ClN3O3S2. The molecule has 1 aromatic heterocycles. The molecule has 0 aliphatic rings. The Labute approximate surface area is 124 Å². The molecule has 0 fully saturated rings. The van der Waals surface area contributed by atoms with Crippen LogP contribution in [0.15, 0.2) is 45.8 Å². The minimum Gasteiger partial charge on any atom is -0.409 e. The molecule has 20 heavy (non-hydrogen) atoms. The van der Waals surface area contributed by atoms with E-state index in [1.807, 2.05) is 0 Å². The fourth-order valence-electron chi connectivity index (χ4n) is 1.49. The molecule has 0 aliphatic heterocycles. The smallest absolute Gasteiger partial charge is 0.271 e. The number of para-hydroxylation sites is 1. The first-order valence-corrected chi connectivity index (χ1v) is 7.97. The van der Waals surface area contributed by atoms with Crippen LogP contribution in [-0.2, 0) is 10.0 Å². The Bertz CT molecular complexity index is 756. The Kier molecular flexibility index (Phi) is 4.17. The average molecular weight is 332 g/mol. The molecule has 0 saturated carbocycles. The third-order valence-corrected chi connectivity index (χ3v) is 5.46. The van der Waals surface area contributed by atoms with Crippen molar-refractivity contribution >= 4 is 44.5 Å². The van der Waals surface area contributed by atoms with Crippen LogP contribution < -0.4 is 10.5 Å². The van der Waals surface area contributed by atoms with Gasteiger partial charge in [-0.05, 0) is 24.3 Å². The van der Waals surface area contributed by atoms with E-state index < -0.39 is 10.0 Å². The lowest BCUT2D eigenvalue weighted by atomic mass is 10.2. The lowest BCUT2D eigenvalue weighted by Gasteiger charge is -2.10. The molecule has 0 unspecified atom stereocenters. The molecule has 4 N–H and O–H groups in total. The number of hydrogen-bond acceptors (Lipinski definition) is 5. The minimum absolute atomic E-state index is 0.0804. The summed E-state index contributed by atoms with van der Waals surface area (Å²) in [6, 6.07) is 9.23. The van der Waals surface area contributed by atoms with Crippen molar-refractivity contribution in [1.82, 2.24) is 0 Å². The SMILES string of the molecule is N/C(=N/O)c1ccccc1NS(=O)(=O)c1ccc(Cl)s1. The third kappa shape index (κ3) is 3.03. The average Bonchev–Trinajstić information content (AvgIpc) is 2.86. The van der Waals surface area contributed by atoms with E-state index in [4.69, 9.17) is 22.5 Å². The fourth-order valence-corrected chi connectivity index (χ4v) is 4.05. The summed E-state index contributed by atoms with van der Waals surface area (Å²) in [6.07, 6.45) is 0. The number of oxime groups is 1. The molecule has 2 aromatic rings. The maximum atomic E-state index is 12.2. The molecule has 1 heterocycles. The number of benzene rings is 1. The predicted molar refractivity (Wildman–Crippen MR) is 79.1 cm³/mol. The monoisotopic (exact) mass is 331 g/mol. The number of thiophene rings is 1. The van der Waals surface area contributed by atoms with E-state index >= 15 is 0 Å². The van der Waals surface area contributed by atoms with Crippen molar-refractivity contribution in [3.05, 3.63) is 46.3 Å². The standard InChI is InChI=1S/C11H10ClN3O3S2/c12-9-5-6-10(19-9)20(17,18)15-8-4-2-1-3-7(8)11(13)14-16/h1-6,15-16H,(H2,13,14). The number of nitrogens with zero attached hydrogens (tertiary/aromatic N) is 1. The van der Waals surface area contributed by atoms with Crippen molar-refractivity contribution in [3.63, 3.8) is 0 Å². The van der Waals surface area contributed by atoms with Crippen LogP contribution in [0.5, 0.6) is 0 Å². The van der Waals surface area contributed by atoms with Gasteiger partial charge in [0.05, 0.1) is 10.0 Å². The lowest BCUT2D eigenvalue weighted by Crippen LogP contribution is -2.18. The molecule has 1 aromatic carbocycles. The Morgan fingerprint density at radius 3 is 2.60 bits per heavy atom. The zero-order valence-corrected chi connectivity index (χ0v) is 12.3. The molecule has 9 heteroatoms. The van der Waals surface area contributed by atoms with Crippen molar-refractivity contribution in [2.75, 3.05) is 4.72 Å². The molecule has 0 aliphatic carbocycles. The van der Waals surface area contributed by atoms with Crippen LogP contribution in [0, 0.1) is 0 Å². The molecule has 0 atom stereocenters. The van der Waals surface area contributed by atoms with Crippen molar-refractivity contribution in [3.8, 4) is 0 Å². The van der Waals surface area contributed by atoms with E-state index in [-0.39, 0.29) is 21.3 Å². The lowest BCUT2D eigenvalue weighted by molar-refractivity contribution is 0.318. The Balaban J connectivity index is 2.40. The molecule has 0 bridgehead atoms. The van der Waals surface area contributed by atoms with Crippen LogP contribution in [0.2, 0.25) is 4.34 Å². The van der Waals surface area contributed by atoms with Gasteiger partial charge in [-0.1, -0.05) is 28.9 Å². The number of amidine groups is 1. The van der Waals surface area contributed by atoms with E-state index in [1.54, 1.807) is 12.1 Å². The summed E-state index contributed by atoms with van der Waals surface area (Å²) in [5, 5.41) is 11.6. The maximum absolute atomic E-state index is 12.2. The van der Waals surface area contributed by atoms with Crippen LogP contribution in [0.25, 0.3) is 0 Å². The van der Waals surface area contributed by atoms with Crippen molar-refractivity contribution < 1.29 is 13.6 Å². The van der Waals surface area contributed by atoms with Crippen LogP contribution in [0.4, 0.5) is 5.69 Å². The van der Waals surface area contributed by atoms with Gasteiger partial charge in [0, 0.05) is 5.56 Å². The van der Waals surface area contributed by atoms with E-state index in [2.05, 4.69) is 9.88 Å². The highest BCUT2D eigenvalue weighted by Gasteiger charge is 2.19. The highest BCUT2D eigenvalue weighted by Crippen LogP contribution is 2.28. The Morgan fingerprint density at radius 2 is 2.00 bits per heavy atom. The maximum Gasteiger partial charge on any atom is 0.271 e. The topological polar surface area (TPSA) is 105 Å². The summed E-state index contributed by atoms with van der Waals surface area (Å²) >= 11 is 6.67. The summed E-state index contributed by atoms with van der Waals surface area (Å²) in [6.45, 7) is 0. The minimum atomic E-state index is -3.76. The van der Waals surface area contributed by atoms with Gasteiger partial charge >= 0.3 is 0 Å². The number of anilines is 1. The van der Waals surface area contributed by atoms with Crippen molar-refractivity contribution in [2.24, 2.45) is 10.9 Å². The number of hydrogen-bond donors (Lipinski definition) is 3. The molecule has 6 nitrogen and oxygen atoms in total. The van der Waals surface area contributed by atoms with Gasteiger partial charge in [0.2, 0.25) is 0 Å². The first-order chi connectivity index (χ1) is 9.44. The zero-order chi connectivity index (χ0) is 14.8. The number of nitrogens with two attached hydrogens (primary N) is 1. The largest absolute Gasteiger partial charge is 0.409 e. The molecule has 2 rings (SSSR count). The van der Waals surface area contributed by atoms with Gasteiger partial charge in [0.25, 0.3) is 10.0 Å². The number of halogens is 1. The first kappa shape index (κ1) is 14.6. The van der Waals surface area contributed by atoms with Gasteiger partial charge < -0.3 is 10.9 Å². The van der Waals surface area contributed by atoms with E-state index in [0.29, 0.717) is 4.34 Å². The normalized spacial score (nSPS) is 12.3. The fraction of sp³-hybridized carbons (Fsp3) is 0. The van der Waals surface area contributed by atoms with Gasteiger partial charge in [-0.3, -0.25) is 4.72 Å². The number of nitrogens with one attached hydrogen (secondary N) is 1. The van der Waals surface area contributed by atoms with E-state index in [9.17, 15) is 8.42 Å². The second kappa shape index (κ2) is 5.70. The van der Waals surface area contributed by atoms with Gasteiger partial charge in [0.15, 0.2) is 5.84 Å². The quantitative estimate of drug-likeness (QED) is 0.346. The molecule has 0 amide bonds. The highest BCUT2D eigenvalue weighted by atomic mass is 35.5. The Hall–Kier alpha value is -1.77. The molecule has 106 valence electrons. The van der Waals surface area contributed by atoms with Gasteiger partial charge in [-0.25, -0.2) is 8.42 Å². The van der Waals surface area contributed by atoms with Crippen molar-refractivity contribution in [2.45, 2.75) is 4.21 Å². The van der Waals surface area contributed by atoms with Gasteiger partial charge in [0.1, 0.15) is 4.21 Å². The predicted octanol–water partition coefficient (Wildman–Crippen LogP) is 2.30. The van der Waals surface area contributed by atoms with Gasteiger partial charge in [-0.15, -0.1) is 11.3 Å². The molecule has 0 spiro atoms. The van der Waals surface area contributed by atoms with Gasteiger partial charge in [-0.2, -0.15) is 0 Å². The second-order valence-corrected chi connectivity index (χ2v) is 7.32. The van der Waals surface area contributed by atoms with E-state index in [1.165, 1.54) is 24.3 Å². The summed E-state index contributed by atoms with van der Waals surface area (Å²) in [5.74, 6) is -0.187. The van der Waals surface area contributed by atoms with Crippen molar-refractivity contribution in [1.29, 1.82) is 0 Å². The summed E-state index contributed by atoms with van der Waals surface area (Å²) < 4.78 is 27.2. The molecule has 0 saturated heterocycles. The van der Waals surface area contributed by atoms with Crippen LogP contribution in [0.1, 0.15) is 5.56 Å². The summed E-state index contributed by atoms with van der Waals surface area (Å²) in [5.41, 5.74) is 6.00. The van der Waals surface area contributed by atoms with Crippen LogP contribution in [0.3, 0.4) is 0 Å². The third-order valence-electron chi connectivity index (χ3n) is 2.37. The summed E-state index contributed by atoms with van der Waals surface area (Å²) in [4.78, 5) is 0. The Morgan fingerprint density at radius 1 is 1.30 bits per heavy atom. The second-order valence-electron chi connectivity index (χ2n) is 3.69. The zero-order valence-electron chi connectivity index (χ0n) is 9.95. The highest BCUT2D eigenvalue weighted by molar-refractivity contribution is 7.94. The molecule has 0 radical (unpaired) electrons. The van der Waals surface area contributed by atoms with E-state index in [0.717, 1.165) is 11.3 Å². The molecular weight excluding hydrogens is 322 g/mol.